The second kappa shape index (κ2) is 9.24. The zero-order chi connectivity index (χ0) is 23.7. The van der Waals surface area contributed by atoms with E-state index in [-0.39, 0.29) is 5.56 Å². The van der Waals surface area contributed by atoms with Crippen molar-refractivity contribution < 1.29 is 14.3 Å². The van der Waals surface area contributed by atoms with E-state index in [4.69, 9.17) is 9.47 Å². The smallest absolute Gasteiger partial charge is 0.338 e. The molecule has 0 saturated carbocycles. The highest BCUT2D eigenvalue weighted by Crippen LogP contribution is 2.33. The number of thiazole rings is 1. The normalized spacial score (nSPS) is 15.6. The van der Waals surface area contributed by atoms with Crippen LogP contribution >= 0.6 is 22.7 Å². The zero-order valence-corrected chi connectivity index (χ0v) is 20.1. The molecule has 0 aliphatic carbocycles. The number of hydrogen-bond donors (Lipinski definition) is 0. The van der Waals surface area contributed by atoms with Crippen molar-refractivity contribution in [2.24, 2.45) is 4.99 Å². The lowest BCUT2D eigenvalue weighted by Gasteiger charge is -2.22. The number of fused-ring (bicyclic) bond motifs is 1. The molecule has 0 amide bonds. The Hall–Kier alpha value is -3.75. The lowest BCUT2D eigenvalue weighted by atomic mass is 10.0. The first-order valence-corrected chi connectivity index (χ1v) is 12.2. The van der Waals surface area contributed by atoms with E-state index in [9.17, 15) is 9.59 Å². The third kappa shape index (κ3) is 4.13. The number of carbonyl (C=O) groups excluding carboxylic acids is 1. The highest BCUT2D eigenvalue weighted by atomic mass is 32.1. The van der Waals surface area contributed by atoms with E-state index in [2.05, 4.69) is 4.99 Å². The first-order chi connectivity index (χ1) is 16.5. The van der Waals surface area contributed by atoms with Crippen molar-refractivity contribution in [3.63, 3.8) is 0 Å². The highest BCUT2D eigenvalue weighted by Gasteiger charge is 2.33. The predicted molar refractivity (Wildman–Crippen MR) is 133 cm³/mol. The van der Waals surface area contributed by atoms with E-state index in [0.29, 0.717) is 26.4 Å². The van der Waals surface area contributed by atoms with Crippen molar-refractivity contribution in [2.75, 3.05) is 7.11 Å². The van der Waals surface area contributed by atoms with Crippen LogP contribution in [0.2, 0.25) is 0 Å². The van der Waals surface area contributed by atoms with E-state index in [1.807, 2.05) is 78.2 Å². The maximum atomic E-state index is 13.5. The summed E-state index contributed by atoms with van der Waals surface area (Å²) < 4.78 is 13.1. The second-order valence-corrected chi connectivity index (χ2v) is 9.56. The van der Waals surface area contributed by atoms with Gasteiger partial charge in [0.25, 0.3) is 5.56 Å². The molecule has 8 heteroatoms. The third-order valence-corrected chi connectivity index (χ3v) is 7.28. The summed E-state index contributed by atoms with van der Waals surface area (Å²) in [6, 6.07) is 20.3. The number of thiophene rings is 1. The Kier molecular flexibility index (Phi) is 6.00. The van der Waals surface area contributed by atoms with Gasteiger partial charge in [-0.15, -0.1) is 11.3 Å². The molecule has 0 fully saturated rings. The summed E-state index contributed by atoms with van der Waals surface area (Å²) in [7, 11) is 1.34. The maximum Gasteiger partial charge on any atom is 0.338 e. The Bertz CT molecular complexity index is 1560. The van der Waals surface area contributed by atoms with E-state index in [1.54, 1.807) is 11.5 Å². The summed E-state index contributed by atoms with van der Waals surface area (Å²) in [5.74, 6) is 0.925. The topological polar surface area (TPSA) is 69.9 Å². The van der Waals surface area contributed by atoms with Crippen molar-refractivity contribution in [2.45, 2.75) is 13.0 Å². The van der Waals surface area contributed by atoms with Crippen LogP contribution in [0.5, 0.6) is 11.5 Å². The fraction of sp³-hybridized carbons (Fsp3) is 0.115. The van der Waals surface area contributed by atoms with E-state index in [0.717, 1.165) is 16.2 Å². The lowest BCUT2D eigenvalue weighted by molar-refractivity contribution is -0.136. The molecule has 0 spiro atoms. The molecule has 170 valence electrons. The van der Waals surface area contributed by atoms with Crippen LogP contribution < -0.4 is 19.6 Å². The monoisotopic (exact) mass is 488 g/mol. The Morgan fingerprint density at radius 1 is 1.06 bits per heavy atom. The average Bonchev–Trinajstić information content (AvgIpc) is 3.47. The molecule has 1 aliphatic heterocycles. The first kappa shape index (κ1) is 22.1. The Morgan fingerprint density at radius 2 is 1.85 bits per heavy atom. The molecule has 4 aromatic rings. The molecule has 3 heterocycles. The van der Waals surface area contributed by atoms with Crippen LogP contribution in [0.25, 0.3) is 6.08 Å². The largest absolute Gasteiger partial charge is 0.466 e. The summed E-state index contributed by atoms with van der Waals surface area (Å²) in [4.78, 5) is 32.2. The van der Waals surface area contributed by atoms with Gasteiger partial charge in [0.15, 0.2) is 4.80 Å². The van der Waals surface area contributed by atoms with Crippen LogP contribution in [0.15, 0.2) is 93.2 Å². The van der Waals surface area contributed by atoms with Gasteiger partial charge in [-0.1, -0.05) is 47.7 Å². The van der Waals surface area contributed by atoms with Crippen LogP contribution in [-0.4, -0.2) is 17.6 Å². The predicted octanol–water partition coefficient (Wildman–Crippen LogP) is 4.26. The lowest BCUT2D eigenvalue weighted by Crippen LogP contribution is -2.39. The molecule has 5 rings (SSSR count). The number of nitrogens with zero attached hydrogens (tertiary/aromatic N) is 2. The Balaban J connectivity index is 1.60. The van der Waals surface area contributed by atoms with Crippen molar-refractivity contribution in [1.29, 1.82) is 0 Å². The van der Waals surface area contributed by atoms with Crippen LogP contribution in [0.4, 0.5) is 0 Å². The van der Waals surface area contributed by atoms with Gasteiger partial charge in [-0.3, -0.25) is 9.36 Å². The molecule has 6 nitrogen and oxygen atoms in total. The van der Waals surface area contributed by atoms with Gasteiger partial charge in [0.05, 0.1) is 22.9 Å². The fourth-order valence-electron chi connectivity index (χ4n) is 3.85. The van der Waals surface area contributed by atoms with Crippen LogP contribution in [0.3, 0.4) is 0 Å². The van der Waals surface area contributed by atoms with Crippen molar-refractivity contribution in [1.82, 2.24) is 4.57 Å². The summed E-state index contributed by atoms with van der Waals surface area (Å²) in [6.07, 6.45) is 1.82. The molecule has 2 aromatic carbocycles. The summed E-state index contributed by atoms with van der Waals surface area (Å²) in [5, 5.41) is 1.92. The van der Waals surface area contributed by atoms with Crippen LogP contribution in [-0.2, 0) is 9.53 Å². The molecule has 1 unspecified atom stereocenters. The second-order valence-electron chi connectivity index (χ2n) is 7.58. The van der Waals surface area contributed by atoms with E-state index < -0.39 is 12.0 Å². The summed E-state index contributed by atoms with van der Waals surface area (Å²) >= 11 is 2.78. The summed E-state index contributed by atoms with van der Waals surface area (Å²) in [6.45, 7) is 1.77. The number of aromatic nitrogens is 1. The van der Waals surface area contributed by atoms with E-state index in [1.165, 1.54) is 29.8 Å². The zero-order valence-electron chi connectivity index (χ0n) is 18.4. The number of rotatable bonds is 5. The molecule has 0 saturated heterocycles. The minimum Gasteiger partial charge on any atom is -0.466 e. The molecule has 0 radical (unpaired) electrons. The number of para-hydroxylation sites is 1. The number of carbonyl (C=O) groups is 1. The average molecular weight is 489 g/mol. The molecule has 2 aromatic heterocycles. The molecule has 0 bridgehead atoms. The number of hydrogen-bond acceptors (Lipinski definition) is 7. The highest BCUT2D eigenvalue weighted by molar-refractivity contribution is 7.10. The van der Waals surface area contributed by atoms with Gasteiger partial charge in [-0.05, 0) is 54.3 Å². The Labute approximate surface area is 203 Å². The summed E-state index contributed by atoms with van der Waals surface area (Å²) in [5.41, 5.74) is 1.55. The molecular formula is C26H20N2O4S2. The van der Waals surface area contributed by atoms with E-state index >= 15 is 0 Å². The quantitative estimate of drug-likeness (QED) is 0.394. The molecule has 0 N–H and O–H groups in total. The number of allylic oxidation sites excluding steroid dienone is 1. The van der Waals surface area contributed by atoms with Gasteiger partial charge in [0, 0.05) is 4.88 Å². The maximum absolute atomic E-state index is 13.5. The Morgan fingerprint density at radius 3 is 2.59 bits per heavy atom. The van der Waals surface area contributed by atoms with Crippen molar-refractivity contribution >= 4 is 34.7 Å². The standard InChI is InChI=1S/C26H20N2O4S2/c1-16-22(25(30)31-2)23(20-12-7-13-33-20)28-24(29)21(34-26(28)27-16)15-17-8-6-11-19(14-17)32-18-9-4-3-5-10-18/h3-15,23H,1-2H3. The third-order valence-electron chi connectivity index (χ3n) is 5.37. The number of methoxy groups -OCH3 is 1. The van der Waals surface area contributed by atoms with Gasteiger partial charge in [-0.25, -0.2) is 9.79 Å². The number of ether oxygens (including phenoxy) is 2. The molecule has 1 aliphatic rings. The number of esters is 1. The van der Waals surface area contributed by atoms with Gasteiger partial charge in [0.1, 0.15) is 17.5 Å². The first-order valence-electron chi connectivity index (χ1n) is 10.5. The number of benzene rings is 2. The molecule has 34 heavy (non-hydrogen) atoms. The SMILES string of the molecule is COC(=O)C1=C(C)N=c2sc(=Cc3cccc(Oc4ccccc4)c3)c(=O)n2C1c1cccs1. The fourth-order valence-corrected chi connectivity index (χ4v) is 5.72. The van der Waals surface area contributed by atoms with Gasteiger partial charge >= 0.3 is 5.97 Å². The van der Waals surface area contributed by atoms with Crippen LogP contribution in [0.1, 0.15) is 23.4 Å². The van der Waals surface area contributed by atoms with Gasteiger partial charge in [-0.2, -0.15) is 0 Å². The van der Waals surface area contributed by atoms with Crippen LogP contribution in [0, 0.1) is 0 Å². The minimum atomic E-state index is -0.571. The molecular weight excluding hydrogens is 468 g/mol. The molecule has 1 atom stereocenters. The van der Waals surface area contributed by atoms with Crippen molar-refractivity contribution in [3.8, 4) is 11.5 Å². The van der Waals surface area contributed by atoms with Gasteiger partial charge in [0.2, 0.25) is 0 Å². The van der Waals surface area contributed by atoms with Gasteiger partial charge < -0.3 is 9.47 Å². The minimum absolute atomic E-state index is 0.203. The van der Waals surface area contributed by atoms with Crippen molar-refractivity contribution in [3.05, 3.63) is 114 Å².